The second-order valence-electron chi connectivity index (χ2n) is 5.87. The van der Waals surface area contributed by atoms with Crippen molar-refractivity contribution in [1.29, 1.82) is 0 Å². The molecule has 1 aliphatic heterocycles. The summed E-state index contributed by atoms with van der Waals surface area (Å²) in [6, 6.07) is 6.41. The zero-order valence-electron chi connectivity index (χ0n) is 14.4. The van der Waals surface area contributed by atoms with Crippen molar-refractivity contribution in [3.8, 4) is 0 Å². The second kappa shape index (κ2) is 9.03. The van der Waals surface area contributed by atoms with E-state index in [1.54, 1.807) is 29.2 Å². The lowest BCUT2D eigenvalue weighted by molar-refractivity contribution is -0.117. The molecule has 2 rings (SSSR count). The van der Waals surface area contributed by atoms with E-state index >= 15 is 0 Å². The molecule has 0 saturated carbocycles. The Hall–Kier alpha value is -2.61. The van der Waals surface area contributed by atoms with Crippen LogP contribution in [0.3, 0.4) is 0 Å². The van der Waals surface area contributed by atoms with Crippen LogP contribution in [0.4, 0.5) is 10.5 Å². The number of amides is 3. The number of nitrogens with two attached hydrogens (primary N) is 1. The highest BCUT2D eigenvalue weighted by molar-refractivity contribution is 5.95. The van der Waals surface area contributed by atoms with Crippen LogP contribution >= 0.6 is 0 Å². The number of nitrogens with one attached hydrogen (secondary N) is 1. The van der Waals surface area contributed by atoms with E-state index in [9.17, 15) is 14.4 Å². The third-order valence-corrected chi connectivity index (χ3v) is 3.88. The summed E-state index contributed by atoms with van der Waals surface area (Å²) in [5, 5.41) is 2.78. The monoisotopic (exact) mass is 348 g/mol. The lowest BCUT2D eigenvalue weighted by Crippen LogP contribution is -2.50. The fourth-order valence-electron chi connectivity index (χ4n) is 2.49. The van der Waals surface area contributed by atoms with Crippen molar-refractivity contribution in [3.63, 3.8) is 0 Å². The van der Waals surface area contributed by atoms with Gasteiger partial charge in [-0.1, -0.05) is 6.92 Å². The van der Waals surface area contributed by atoms with Crippen molar-refractivity contribution >= 4 is 23.6 Å². The van der Waals surface area contributed by atoms with Crippen LogP contribution in [0.25, 0.3) is 0 Å². The normalized spacial score (nSPS) is 14.8. The van der Waals surface area contributed by atoms with Gasteiger partial charge in [-0.15, -0.1) is 0 Å². The number of carbonyl (C=O) groups excluding carboxylic acids is 3. The predicted octanol–water partition coefficient (Wildman–Crippen LogP) is 0.888. The molecule has 3 N–H and O–H groups in total. The first-order valence-electron chi connectivity index (χ1n) is 8.33. The van der Waals surface area contributed by atoms with Gasteiger partial charge in [-0.3, -0.25) is 14.5 Å². The van der Waals surface area contributed by atoms with E-state index in [-0.39, 0.29) is 18.5 Å². The number of nitrogens with zero attached hydrogens (tertiary/aromatic N) is 2. The fraction of sp³-hybridized carbons (Fsp3) is 0.471. The number of ether oxygens (including phenoxy) is 1. The van der Waals surface area contributed by atoms with Gasteiger partial charge in [0, 0.05) is 37.4 Å². The Morgan fingerprint density at radius 2 is 1.76 bits per heavy atom. The van der Waals surface area contributed by atoms with Gasteiger partial charge in [0.05, 0.1) is 13.2 Å². The van der Waals surface area contributed by atoms with Gasteiger partial charge in [-0.25, -0.2) is 4.79 Å². The van der Waals surface area contributed by atoms with E-state index < -0.39 is 5.91 Å². The average Bonchev–Trinajstić information content (AvgIpc) is 2.60. The average molecular weight is 348 g/mol. The topological polar surface area (TPSA) is 105 Å². The number of carbonyl (C=O) groups is 3. The van der Waals surface area contributed by atoms with Crippen LogP contribution in [0.2, 0.25) is 0 Å². The highest BCUT2D eigenvalue weighted by Crippen LogP contribution is 2.10. The van der Waals surface area contributed by atoms with Gasteiger partial charge in [0.15, 0.2) is 0 Å². The van der Waals surface area contributed by atoms with Gasteiger partial charge < -0.3 is 20.7 Å². The van der Waals surface area contributed by atoms with Crippen LogP contribution in [0.5, 0.6) is 0 Å². The molecule has 1 aromatic carbocycles. The number of piperazine rings is 1. The van der Waals surface area contributed by atoms with Crippen LogP contribution in [0, 0.1) is 0 Å². The first-order valence-corrected chi connectivity index (χ1v) is 8.33. The van der Waals surface area contributed by atoms with E-state index in [4.69, 9.17) is 10.5 Å². The standard InChI is InChI=1S/C17H24N4O4/c1-2-11-25-17(24)21-9-7-20(8-10-21)12-15(22)19-14-5-3-13(4-6-14)16(18)23/h3-6H,2,7-12H2,1H3,(H2,18,23)(H,19,22). The molecule has 1 aromatic rings. The molecule has 0 aromatic heterocycles. The van der Waals surface area contributed by atoms with Gasteiger partial charge in [0.25, 0.3) is 0 Å². The Labute approximate surface area is 146 Å². The molecular weight excluding hydrogens is 324 g/mol. The third-order valence-electron chi connectivity index (χ3n) is 3.88. The molecule has 1 fully saturated rings. The summed E-state index contributed by atoms with van der Waals surface area (Å²) in [6.07, 6.45) is 0.507. The van der Waals surface area contributed by atoms with Crippen LogP contribution < -0.4 is 11.1 Å². The molecule has 0 bridgehead atoms. The number of hydrogen-bond acceptors (Lipinski definition) is 5. The Bertz CT molecular complexity index is 610. The Kier molecular flexibility index (Phi) is 6.76. The van der Waals surface area contributed by atoms with Crippen molar-refractivity contribution < 1.29 is 19.1 Å². The van der Waals surface area contributed by atoms with E-state index in [0.717, 1.165) is 6.42 Å². The van der Waals surface area contributed by atoms with Crippen LogP contribution in [0.15, 0.2) is 24.3 Å². The number of anilines is 1. The molecule has 1 aliphatic rings. The zero-order chi connectivity index (χ0) is 18.2. The van der Waals surface area contributed by atoms with Crippen molar-refractivity contribution in [3.05, 3.63) is 29.8 Å². The maximum absolute atomic E-state index is 12.1. The SMILES string of the molecule is CCCOC(=O)N1CCN(CC(=O)Nc2ccc(C(N)=O)cc2)CC1. The van der Waals surface area contributed by atoms with Crippen LogP contribution in [-0.2, 0) is 9.53 Å². The smallest absolute Gasteiger partial charge is 0.409 e. The van der Waals surface area contributed by atoms with E-state index in [0.29, 0.717) is 44.0 Å². The number of benzene rings is 1. The first kappa shape index (κ1) is 18.7. The molecule has 1 saturated heterocycles. The summed E-state index contributed by atoms with van der Waals surface area (Å²) in [6.45, 7) is 4.95. The molecule has 136 valence electrons. The summed E-state index contributed by atoms with van der Waals surface area (Å²) in [5.74, 6) is -0.651. The molecule has 0 aliphatic carbocycles. The summed E-state index contributed by atoms with van der Waals surface area (Å²) < 4.78 is 5.11. The maximum atomic E-state index is 12.1. The first-order chi connectivity index (χ1) is 12.0. The third kappa shape index (κ3) is 5.75. The summed E-state index contributed by atoms with van der Waals surface area (Å²) in [5.41, 5.74) is 6.18. The molecule has 8 heteroatoms. The van der Waals surface area contributed by atoms with Crippen molar-refractivity contribution in [2.24, 2.45) is 5.73 Å². The van der Waals surface area contributed by atoms with E-state index in [1.165, 1.54) is 0 Å². The Balaban J connectivity index is 1.75. The molecular formula is C17H24N4O4. The lowest BCUT2D eigenvalue weighted by atomic mass is 10.2. The predicted molar refractivity (Wildman–Crippen MR) is 93.2 cm³/mol. The second-order valence-corrected chi connectivity index (χ2v) is 5.87. The van der Waals surface area contributed by atoms with Crippen LogP contribution in [0.1, 0.15) is 23.7 Å². The number of hydrogen-bond donors (Lipinski definition) is 2. The molecule has 25 heavy (non-hydrogen) atoms. The van der Waals surface area contributed by atoms with Crippen molar-refractivity contribution in [2.75, 3.05) is 44.6 Å². The Morgan fingerprint density at radius 3 is 2.32 bits per heavy atom. The lowest BCUT2D eigenvalue weighted by Gasteiger charge is -2.33. The number of primary amides is 1. The van der Waals surface area contributed by atoms with Gasteiger partial charge in [-0.2, -0.15) is 0 Å². The minimum atomic E-state index is -0.506. The van der Waals surface area contributed by atoms with Crippen molar-refractivity contribution in [2.45, 2.75) is 13.3 Å². The fourth-order valence-corrected chi connectivity index (χ4v) is 2.49. The Morgan fingerprint density at radius 1 is 1.12 bits per heavy atom. The highest BCUT2D eigenvalue weighted by atomic mass is 16.6. The van der Waals surface area contributed by atoms with E-state index in [2.05, 4.69) is 5.32 Å². The molecule has 0 atom stereocenters. The summed E-state index contributed by atoms with van der Waals surface area (Å²) in [4.78, 5) is 38.5. The van der Waals surface area contributed by atoms with Gasteiger partial charge in [0.2, 0.25) is 11.8 Å². The minimum Gasteiger partial charge on any atom is -0.449 e. The van der Waals surface area contributed by atoms with E-state index in [1.807, 2.05) is 11.8 Å². The van der Waals surface area contributed by atoms with Gasteiger partial charge >= 0.3 is 6.09 Å². The van der Waals surface area contributed by atoms with Crippen LogP contribution in [-0.4, -0.2) is 67.0 Å². The van der Waals surface area contributed by atoms with Gasteiger partial charge in [-0.05, 0) is 30.7 Å². The molecule has 0 radical (unpaired) electrons. The highest BCUT2D eigenvalue weighted by Gasteiger charge is 2.23. The zero-order valence-corrected chi connectivity index (χ0v) is 14.4. The summed E-state index contributed by atoms with van der Waals surface area (Å²) >= 11 is 0. The molecule has 0 unspecified atom stereocenters. The summed E-state index contributed by atoms with van der Waals surface area (Å²) in [7, 11) is 0. The molecule has 1 heterocycles. The molecule has 8 nitrogen and oxygen atoms in total. The van der Waals surface area contributed by atoms with Crippen molar-refractivity contribution in [1.82, 2.24) is 9.80 Å². The maximum Gasteiger partial charge on any atom is 0.409 e. The quantitative estimate of drug-likeness (QED) is 0.794. The van der Waals surface area contributed by atoms with Gasteiger partial charge in [0.1, 0.15) is 0 Å². The minimum absolute atomic E-state index is 0.145. The molecule has 0 spiro atoms. The molecule has 3 amide bonds. The largest absolute Gasteiger partial charge is 0.449 e. The number of rotatable bonds is 6.